The highest BCUT2D eigenvalue weighted by molar-refractivity contribution is 7.89. The fourth-order valence-electron chi connectivity index (χ4n) is 1.37. The van der Waals surface area contributed by atoms with Gasteiger partial charge in [0.15, 0.2) is 0 Å². The van der Waals surface area contributed by atoms with Crippen LogP contribution >= 0.6 is 0 Å². The number of para-hydroxylation sites is 1. The van der Waals surface area contributed by atoms with Crippen LogP contribution in [-0.4, -0.2) is 26.2 Å². The zero-order chi connectivity index (χ0) is 12.9. The maximum absolute atomic E-state index is 11.9. The van der Waals surface area contributed by atoms with Crippen LogP contribution in [0.1, 0.15) is 19.8 Å². The van der Waals surface area contributed by atoms with Crippen LogP contribution in [0.4, 0.5) is 5.69 Å². The molecule has 0 aromatic heterocycles. The van der Waals surface area contributed by atoms with E-state index in [1.807, 2.05) is 6.92 Å². The average molecular weight is 258 g/mol. The second-order valence-electron chi connectivity index (χ2n) is 3.79. The molecule has 0 amide bonds. The summed E-state index contributed by atoms with van der Waals surface area (Å²) in [5.74, 6) is 0. The van der Waals surface area contributed by atoms with Crippen LogP contribution in [0.15, 0.2) is 29.2 Å². The molecule has 1 atom stereocenters. The molecule has 0 heterocycles. The number of sulfonamides is 1. The van der Waals surface area contributed by atoms with Crippen molar-refractivity contribution in [2.45, 2.75) is 30.8 Å². The number of nitrogens with two attached hydrogens (primary N) is 1. The minimum atomic E-state index is -3.58. The van der Waals surface area contributed by atoms with Crippen molar-refractivity contribution in [2.24, 2.45) is 0 Å². The fraction of sp³-hybridized carbons (Fsp3) is 0.455. The van der Waals surface area contributed by atoms with Crippen molar-refractivity contribution in [3.8, 4) is 0 Å². The first kappa shape index (κ1) is 14.0. The number of aliphatic hydroxyl groups excluding tert-OH is 1. The lowest BCUT2D eigenvalue weighted by Crippen LogP contribution is -2.27. The molecule has 0 radical (unpaired) electrons. The Labute approximate surface area is 102 Å². The number of hydrogen-bond acceptors (Lipinski definition) is 4. The topological polar surface area (TPSA) is 92.4 Å². The number of benzene rings is 1. The van der Waals surface area contributed by atoms with Gasteiger partial charge in [-0.2, -0.15) is 0 Å². The minimum absolute atomic E-state index is 0.0750. The van der Waals surface area contributed by atoms with E-state index in [0.29, 0.717) is 12.8 Å². The smallest absolute Gasteiger partial charge is 0.242 e. The lowest BCUT2D eigenvalue weighted by molar-refractivity contribution is 0.162. The third-order valence-corrected chi connectivity index (χ3v) is 3.98. The summed E-state index contributed by atoms with van der Waals surface area (Å²) in [5.41, 5.74) is 5.81. The van der Waals surface area contributed by atoms with Gasteiger partial charge in [-0.1, -0.05) is 19.1 Å². The summed E-state index contributed by atoms with van der Waals surface area (Å²) in [5, 5.41) is 9.32. The van der Waals surface area contributed by atoms with Gasteiger partial charge in [0.25, 0.3) is 0 Å². The highest BCUT2D eigenvalue weighted by Gasteiger charge is 2.16. The minimum Gasteiger partial charge on any atom is -0.398 e. The van der Waals surface area contributed by atoms with Gasteiger partial charge in [0.05, 0.1) is 11.8 Å². The highest BCUT2D eigenvalue weighted by Crippen LogP contribution is 2.16. The average Bonchev–Trinajstić information content (AvgIpc) is 2.28. The normalized spacial score (nSPS) is 13.5. The first-order valence-corrected chi connectivity index (χ1v) is 6.98. The number of rotatable bonds is 6. The van der Waals surface area contributed by atoms with Crippen LogP contribution in [0.25, 0.3) is 0 Å². The van der Waals surface area contributed by atoms with E-state index in [1.54, 1.807) is 12.1 Å². The lowest BCUT2D eigenvalue weighted by Gasteiger charge is -2.10. The van der Waals surface area contributed by atoms with Gasteiger partial charge < -0.3 is 10.8 Å². The number of nitrogen functional groups attached to an aromatic ring is 1. The summed E-state index contributed by atoms with van der Waals surface area (Å²) >= 11 is 0. The Bertz CT molecular complexity index is 460. The van der Waals surface area contributed by atoms with Crippen LogP contribution in [0.5, 0.6) is 0 Å². The standard InChI is InChI=1S/C11H18N2O3S/c1-2-9(14)7-8-13-17(15,16)11-6-4-3-5-10(11)12/h3-6,9,13-14H,2,7-8,12H2,1H3. The van der Waals surface area contributed by atoms with Crippen molar-refractivity contribution >= 4 is 15.7 Å². The Morgan fingerprint density at radius 1 is 1.41 bits per heavy atom. The van der Waals surface area contributed by atoms with Gasteiger partial charge in [-0.3, -0.25) is 0 Å². The Hall–Kier alpha value is -1.11. The van der Waals surface area contributed by atoms with Crippen LogP contribution < -0.4 is 10.5 Å². The molecular formula is C11H18N2O3S. The van der Waals surface area contributed by atoms with E-state index in [1.165, 1.54) is 12.1 Å². The molecule has 96 valence electrons. The van der Waals surface area contributed by atoms with E-state index < -0.39 is 16.1 Å². The second-order valence-corrected chi connectivity index (χ2v) is 5.52. The summed E-state index contributed by atoms with van der Waals surface area (Å²) in [4.78, 5) is 0.0750. The molecule has 1 unspecified atom stereocenters. The van der Waals surface area contributed by atoms with Crippen LogP contribution in [-0.2, 0) is 10.0 Å². The van der Waals surface area contributed by atoms with Crippen molar-refractivity contribution in [1.82, 2.24) is 4.72 Å². The van der Waals surface area contributed by atoms with Gasteiger partial charge in [-0.15, -0.1) is 0 Å². The molecule has 5 nitrogen and oxygen atoms in total. The van der Waals surface area contributed by atoms with Gasteiger partial charge in [0.2, 0.25) is 10.0 Å². The van der Waals surface area contributed by atoms with Crippen LogP contribution in [0, 0.1) is 0 Å². The molecule has 0 aliphatic rings. The van der Waals surface area contributed by atoms with Gasteiger partial charge >= 0.3 is 0 Å². The van der Waals surface area contributed by atoms with Gasteiger partial charge in [-0.05, 0) is 25.0 Å². The van der Waals surface area contributed by atoms with Gasteiger partial charge in [0.1, 0.15) is 4.90 Å². The van der Waals surface area contributed by atoms with Gasteiger partial charge in [0, 0.05) is 6.54 Å². The van der Waals surface area contributed by atoms with E-state index in [0.717, 1.165) is 0 Å². The molecule has 4 N–H and O–H groups in total. The Kier molecular flexibility index (Phi) is 4.92. The van der Waals surface area contributed by atoms with Crippen molar-refractivity contribution in [1.29, 1.82) is 0 Å². The summed E-state index contributed by atoms with van der Waals surface area (Å²) in [6, 6.07) is 6.28. The quantitative estimate of drug-likeness (QED) is 0.655. The third kappa shape index (κ3) is 3.99. The molecule has 0 bridgehead atoms. The lowest BCUT2D eigenvalue weighted by atomic mass is 10.2. The Balaban J connectivity index is 2.67. The summed E-state index contributed by atoms with van der Waals surface area (Å²) in [6.45, 7) is 2.04. The molecule has 17 heavy (non-hydrogen) atoms. The first-order chi connectivity index (χ1) is 7.97. The number of hydrogen-bond donors (Lipinski definition) is 3. The fourth-order valence-corrected chi connectivity index (χ4v) is 2.55. The number of nitrogens with one attached hydrogen (secondary N) is 1. The molecule has 0 saturated carbocycles. The zero-order valence-electron chi connectivity index (χ0n) is 9.76. The van der Waals surface area contributed by atoms with Crippen molar-refractivity contribution in [3.05, 3.63) is 24.3 Å². The van der Waals surface area contributed by atoms with Crippen molar-refractivity contribution in [3.63, 3.8) is 0 Å². The van der Waals surface area contributed by atoms with Crippen molar-refractivity contribution in [2.75, 3.05) is 12.3 Å². The molecular weight excluding hydrogens is 240 g/mol. The second kappa shape index (κ2) is 6.00. The van der Waals surface area contributed by atoms with Crippen molar-refractivity contribution < 1.29 is 13.5 Å². The molecule has 6 heteroatoms. The SMILES string of the molecule is CCC(O)CCNS(=O)(=O)c1ccccc1N. The third-order valence-electron chi connectivity index (χ3n) is 2.45. The molecule has 1 aromatic carbocycles. The molecule has 0 spiro atoms. The maximum Gasteiger partial charge on any atom is 0.242 e. The largest absolute Gasteiger partial charge is 0.398 e. The molecule has 1 aromatic rings. The molecule has 1 rings (SSSR count). The Morgan fingerprint density at radius 2 is 2.06 bits per heavy atom. The van der Waals surface area contributed by atoms with E-state index in [-0.39, 0.29) is 17.1 Å². The summed E-state index contributed by atoms with van der Waals surface area (Å²) in [6.07, 6.45) is 0.517. The Morgan fingerprint density at radius 3 is 2.65 bits per heavy atom. The van der Waals surface area contributed by atoms with E-state index >= 15 is 0 Å². The van der Waals surface area contributed by atoms with E-state index in [9.17, 15) is 13.5 Å². The molecule has 0 aliphatic carbocycles. The predicted molar refractivity (Wildman–Crippen MR) is 67.0 cm³/mol. The zero-order valence-corrected chi connectivity index (χ0v) is 10.6. The molecule has 0 fully saturated rings. The molecule has 0 aliphatic heterocycles. The van der Waals surface area contributed by atoms with Crippen LogP contribution in [0.3, 0.4) is 0 Å². The summed E-state index contributed by atoms with van der Waals surface area (Å²) < 4.78 is 26.1. The summed E-state index contributed by atoms with van der Waals surface area (Å²) in [7, 11) is -3.58. The highest BCUT2D eigenvalue weighted by atomic mass is 32.2. The van der Waals surface area contributed by atoms with Crippen LogP contribution in [0.2, 0.25) is 0 Å². The monoisotopic (exact) mass is 258 g/mol. The van der Waals surface area contributed by atoms with Gasteiger partial charge in [-0.25, -0.2) is 13.1 Å². The number of anilines is 1. The first-order valence-electron chi connectivity index (χ1n) is 5.49. The van der Waals surface area contributed by atoms with E-state index in [4.69, 9.17) is 5.73 Å². The maximum atomic E-state index is 11.9. The molecule has 0 saturated heterocycles. The number of aliphatic hydroxyl groups is 1. The predicted octanol–water partition coefficient (Wildman–Crippen LogP) is 0.708. The van der Waals surface area contributed by atoms with E-state index in [2.05, 4.69) is 4.72 Å².